The lowest BCUT2D eigenvalue weighted by molar-refractivity contribution is -0.00689. The minimum atomic E-state index is 0.264. The van der Waals surface area contributed by atoms with Crippen LogP contribution in [0.4, 0.5) is 5.13 Å². The maximum Gasteiger partial charge on any atom is 0.209 e. The van der Waals surface area contributed by atoms with Gasteiger partial charge in [0.15, 0.2) is 0 Å². The molecule has 142 valence electrons. The van der Waals surface area contributed by atoms with Crippen molar-refractivity contribution in [2.75, 3.05) is 0 Å². The first kappa shape index (κ1) is 16.7. The van der Waals surface area contributed by atoms with Crippen molar-refractivity contribution in [3.8, 4) is 5.75 Å². The van der Waals surface area contributed by atoms with E-state index in [0.29, 0.717) is 5.41 Å². The van der Waals surface area contributed by atoms with Crippen LogP contribution in [0.3, 0.4) is 0 Å². The van der Waals surface area contributed by atoms with Gasteiger partial charge in [-0.05, 0) is 73.1 Å². The first-order valence-corrected chi connectivity index (χ1v) is 11.3. The predicted molar refractivity (Wildman–Crippen MR) is 115 cm³/mol. The Balaban J connectivity index is 1.32. The van der Waals surface area contributed by atoms with E-state index in [-0.39, 0.29) is 5.75 Å². The van der Waals surface area contributed by atoms with Gasteiger partial charge < -0.3 is 5.11 Å². The maximum absolute atomic E-state index is 10.3. The lowest BCUT2D eigenvalue weighted by atomic mass is 9.49. The van der Waals surface area contributed by atoms with Crippen LogP contribution in [0.15, 0.2) is 46.8 Å². The predicted octanol–water partition coefficient (Wildman–Crippen LogP) is 6.22. The maximum atomic E-state index is 10.3. The summed E-state index contributed by atoms with van der Waals surface area (Å²) in [5, 5.41) is 15.5. The third-order valence-electron chi connectivity index (χ3n) is 7.33. The summed E-state index contributed by atoms with van der Waals surface area (Å²) in [6.45, 7) is 0. The first-order chi connectivity index (χ1) is 13.7. The van der Waals surface area contributed by atoms with Gasteiger partial charge in [0.05, 0.1) is 5.69 Å². The summed E-state index contributed by atoms with van der Waals surface area (Å²) in [6, 6.07) is 11.8. The molecule has 0 unspecified atom stereocenters. The van der Waals surface area contributed by atoms with Gasteiger partial charge in [-0.25, -0.2) is 9.98 Å². The number of hydrogen-bond donors (Lipinski definition) is 1. The summed E-state index contributed by atoms with van der Waals surface area (Å²) in [5.74, 6) is 3.04. The summed E-state index contributed by atoms with van der Waals surface area (Å²) in [6.07, 6.45) is 10.1. The van der Waals surface area contributed by atoms with E-state index in [1.54, 1.807) is 23.6 Å². The Morgan fingerprint density at radius 2 is 1.71 bits per heavy atom. The number of nitrogens with zero attached hydrogens (tertiary/aromatic N) is 2. The molecule has 2 aromatic carbocycles. The molecule has 0 atom stereocenters. The van der Waals surface area contributed by atoms with E-state index in [1.165, 1.54) is 44.2 Å². The van der Waals surface area contributed by atoms with E-state index in [4.69, 9.17) is 4.98 Å². The standard InChI is InChI=1S/C24H24N2OS/c27-21-6-5-18-3-1-2-4-19(18)20(21)13-25-23-26-22(14-28-23)24-10-15-7-16(11-24)9-17(8-15)12-24/h1-6,13-17,27H,7-12H2. The smallest absolute Gasteiger partial charge is 0.209 e. The van der Waals surface area contributed by atoms with Crippen LogP contribution in [-0.2, 0) is 5.41 Å². The molecule has 3 nitrogen and oxygen atoms in total. The molecule has 0 aliphatic heterocycles. The van der Waals surface area contributed by atoms with Crippen molar-refractivity contribution >= 4 is 33.5 Å². The second-order valence-corrected chi connectivity index (χ2v) is 10.0. The Kier molecular flexibility index (Phi) is 3.67. The Bertz CT molecular complexity index is 1050. The van der Waals surface area contributed by atoms with Gasteiger partial charge in [-0.3, -0.25) is 0 Å². The van der Waals surface area contributed by atoms with Crippen LogP contribution >= 0.6 is 11.3 Å². The number of aliphatic imine (C=N–C) groups is 1. The lowest BCUT2D eigenvalue weighted by Crippen LogP contribution is -2.48. The summed E-state index contributed by atoms with van der Waals surface area (Å²) >= 11 is 1.64. The molecule has 1 heterocycles. The van der Waals surface area contributed by atoms with Crippen LogP contribution in [0.5, 0.6) is 5.75 Å². The number of benzene rings is 2. The highest BCUT2D eigenvalue weighted by Crippen LogP contribution is 2.60. The van der Waals surface area contributed by atoms with Crippen molar-refractivity contribution < 1.29 is 5.11 Å². The molecule has 4 fully saturated rings. The summed E-state index contributed by atoms with van der Waals surface area (Å²) in [5.41, 5.74) is 2.37. The number of thiazole rings is 1. The van der Waals surface area contributed by atoms with E-state index < -0.39 is 0 Å². The highest BCUT2D eigenvalue weighted by molar-refractivity contribution is 7.13. The lowest BCUT2D eigenvalue weighted by Gasteiger charge is -2.56. The minimum Gasteiger partial charge on any atom is -0.507 e. The van der Waals surface area contributed by atoms with Crippen LogP contribution in [0.1, 0.15) is 49.8 Å². The van der Waals surface area contributed by atoms with Crippen LogP contribution in [-0.4, -0.2) is 16.3 Å². The summed E-state index contributed by atoms with van der Waals surface area (Å²) in [7, 11) is 0. The van der Waals surface area contributed by atoms with Crippen molar-refractivity contribution in [2.45, 2.75) is 43.9 Å². The van der Waals surface area contributed by atoms with Crippen LogP contribution in [0.2, 0.25) is 0 Å². The second kappa shape index (κ2) is 6.15. The molecule has 0 amide bonds. The SMILES string of the molecule is Oc1ccc2ccccc2c1C=Nc1nc(C23CC4CC(CC(C4)C2)C3)cs1. The van der Waals surface area contributed by atoms with Gasteiger partial charge in [-0.15, -0.1) is 11.3 Å². The number of phenols is 1. The molecule has 4 aliphatic rings. The number of fused-ring (bicyclic) bond motifs is 1. The molecule has 4 aliphatic carbocycles. The van der Waals surface area contributed by atoms with Crippen molar-refractivity contribution in [3.05, 3.63) is 53.0 Å². The normalized spacial score (nSPS) is 31.2. The van der Waals surface area contributed by atoms with Crippen molar-refractivity contribution in [2.24, 2.45) is 22.7 Å². The van der Waals surface area contributed by atoms with Crippen LogP contribution in [0, 0.1) is 17.8 Å². The van der Waals surface area contributed by atoms with Gasteiger partial charge in [-0.2, -0.15) is 0 Å². The Morgan fingerprint density at radius 1 is 1.00 bits per heavy atom. The zero-order chi connectivity index (χ0) is 18.7. The number of phenolic OH excluding ortho intramolecular Hbond substituents is 1. The highest BCUT2D eigenvalue weighted by atomic mass is 32.1. The average molecular weight is 389 g/mol. The van der Waals surface area contributed by atoms with E-state index in [2.05, 4.69) is 16.4 Å². The molecule has 1 N–H and O–H groups in total. The van der Waals surface area contributed by atoms with Gasteiger partial charge in [0.1, 0.15) is 5.75 Å². The number of rotatable bonds is 3. The quantitative estimate of drug-likeness (QED) is 0.541. The largest absolute Gasteiger partial charge is 0.507 e. The molecular formula is C24H24N2OS. The van der Waals surface area contributed by atoms with Crippen LogP contribution < -0.4 is 0 Å². The highest BCUT2D eigenvalue weighted by Gasteiger charge is 2.52. The number of aromatic hydroxyl groups is 1. The zero-order valence-corrected chi connectivity index (χ0v) is 16.7. The molecule has 1 aromatic heterocycles. The second-order valence-electron chi connectivity index (χ2n) is 9.19. The summed E-state index contributed by atoms with van der Waals surface area (Å²) in [4.78, 5) is 9.62. The first-order valence-electron chi connectivity index (χ1n) is 10.4. The Morgan fingerprint density at radius 3 is 2.46 bits per heavy atom. The monoisotopic (exact) mass is 388 g/mol. The summed E-state index contributed by atoms with van der Waals surface area (Å²) < 4.78 is 0. The molecule has 4 bridgehead atoms. The van der Waals surface area contributed by atoms with Gasteiger partial charge in [0.2, 0.25) is 5.13 Å². The molecule has 0 saturated heterocycles. The fraction of sp³-hybridized carbons (Fsp3) is 0.417. The van der Waals surface area contributed by atoms with Crippen molar-refractivity contribution in [3.63, 3.8) is 0 Å². The molecule has 4 heteroatoms. The van der Waals surface area contributed by atoms with E-state index in [0.717, 1.165) is 39.2 Å². The molecule has 3 aromatic rings. The average Bonchev–Trinajstić information content (AvgIpc) is 3.16. The van der Waals surface area contributed by atoms with Gasteiger partial charge >= 0.3 is 0 Å². The van der Waals surface area contributed by atoms with Crippen LogP contribution in [0.25, 0.3) is 10.8 Å². The molecular weight excluding hydrogens is 364 g/mol. The topological polar surface area (TPSA) is 45.5 Å². The molecule has 0 radical (unpaired) electrons. The number of aromatic nitrogens is 1. The molecule has 0 spiro atoms. The third kappa shape index (κ3) is 2.61. The molecule has 7 rings (SSSR count). The fourth-order valence-electron chi connectivity index (χ4n) is 6.53. The van der Waals surface area contributed by atoms with Gasteiger partial charge in [-0.1, -0.05) is 30.3 Å². The van der Waals surface area contributed by atoms with Crippen molar-refractivity contribution in [1.82, 2.24) is 4.98 Å². The van der Waals surface area contributed by atoms with Gasteiger partial charge in [0, 0.05) is 22.6 Å². The third-order valence-corrected chi connectivity index (χ3v) is 8.07. The Hall–Kier alpha value is -2.20. The minimum absolute atomic E-state index is 0.264. The van der Waals surface area contributed by atoms with E-state index in [1.807, 2.05) is 24.3 Å². The Labute approximate surface area is 169 Å². The molecule has 4 saturated carbocycles. The van der Waals surface area contributed by atoms with Gasteiger partial charge in [0.25, 0.3) is 0 Å². The van der Waals surface area contributed by atoms with Crippen molar-refractivity contribution in [1.29, 1.82) is 0 Å². The van der Waals surface area contributed by atoms with E-state index >= 15 is 0 Å². The number of hydrogen-bond acceptors (Lipinski definition) is 4. The van der Waals surface area contributed by atoms with E-state index in [9.17, 15) is 5.11 Å². The fourth-order valence-corrected chi connectivity index (χ4v) is 7.32. The molecule has 28 heavy (non-hydrogen) atoms. The zero-order valence-electron chi connectivity index (χ0n) is 15.8.